The lowest BCUT2D eigenvalue weighted by atomic mass is 10.2. The molecule has 2 amide bonds. The Morgan fingerprint density at radius 2 is 2.00 bits per heavy atom. The molecule has 0 spiro atoms. The first-order chi connectivity index (χ1) is 10.1. The fourth-order valence-electron chi connectivity index (χ4n) is 1.69. The summed E-state index contributed by atoms with van der Waals surface area (Å²) in [6, 6.07) is 8.99. The van der Waals surface area contributed by atoms with Gasteiger partial charge in [0, 0.05) is 18.7 Å². The Bertz CT molecular complexity index is 673. The molecule has 0 aliphatic heterocycles. The van der Waals surface area contributed by atoms with Gasteiger partial charge in [-0.15, -0.1) is 0 Å². The summed E-state index contributed by atoms with van der Waals surface area (Å²) in [6.07, 6.45) is 1.47. The lowest BCUT2D eigenvalue weighted by Crippen LogP contribution is -2.20. The molecule has 2 rings (SSSR count). The zero-order valence-electron chi connectivity index (χ0n) is 11.4. The van der Waals surface area contributed by atoms with Gasteiger partial charge in [-0.1, -0.05) is 12.1 Å². The van der Waals surface area contributed by atoms with E-state index >= 15 is 0 Å². The Kier molecular flexibility index (Phi) is 4.61. The van der Waals surface area contributed by atoms with Gasteiger partial charge in [-0.25, -0.2) is 4.39 Å². The second-order valence-corrected chi connectivity index (χ2v) is 4.38. The molecule has 108 valence electrons. The van der Waals surface area contributed by atoms with Crippen molar-refractivity contribution in [2.24, 2.45) is 0 Å². The van der Waals surface area contributed by atoms with Crippen LogP contribution < -0.4 is 10.6 Å². The van der Waals surface area contributed by atoms with Gasteiger partial charge >= 0.3 is 0 Å². The number of hydrogen-bond donors (Lipinski definition) is 2. The highest BCUT2D eigenvalue weighted by molar-refractivity contribution is 6.04. The summed E-state index contributed by atoms with van der Waals surface area (Å²) >= 11 is 0. The van der Waals surface area contributed by atoms with Crippen LogP contribution in [0, 0.1) is 5.82 Å². The smallest absolute Gasteiger partial charge is 0.255 e. The van der Waals surface area contributed by atoms with Crippen LogP contribution in [0.25, 0.3) is 0 Å². The minimum absolute atomic E-state index is 0.114. The first-order valence-corrected chi connectivity index (χ1v) is 6.31. The van der Waals surface area contributed by atoms with E-state index in [2.05, 4.69) is 15.6 Å². The van der Waals surface area contributed by atoms with E-state index in [9.17, 15) is 14.0 Å². The summed E-state index contributed by atoms with van der Waals surface area (Å²) in [7, 11) is 0. The van der Waals surface area contributed by atoms with Crippen LogP contribution in [0.5, 0.6) is 0 Å². The average Bonchev–Trinajstić information content (AvgIpc) is 2.48. The number of anilines is 1. The van der Waals surface area contributed by atoms with Gasteiger partial charge in [-0.3, -0.25) is 14.6 Å². The molecule has 0 aliphatic rings. The number of carbonyl (C=O) groups is 2. The van der Waals surface area contributed by atoms with Gasteiger partial charge in [0.05, 0.1) is 17.9 Å². The Labute approximate surface area is 121 Å². The second kappa shape index (κ2) is 6.60. The minimum atomic E-state index is -0.502. The van der Waals surface area contributed by atoms with Crippen molar-refractivity contribution in [2.75, 3.05) is 5.32 Å². The van der Waals surface area contributed by atoms with E-state index < -0.39 is 11.7 Å². The SMILES string of the molecule is CC(=O)NCc1cc(C(=O)Nc2ccccc2F)ccn1. The van der Waals surface area contributed by atoms with Crippen LogP contribution in [0.15, 0.2) is 42.6 Å². The summed E-state index contributed by atoms with van der Waals surface area (Å²) in [4.78, 5) is 27.0. The molecule has 1 aromatic carbocycles. The average molecular weight is 287 g/mol. The molecule has 0 radical (unpaired) electrons. The van der Waals surface area contributed by atoms with Gasteiger partial charge < -0.3 is 10.6 Å². The highest BCUT2D eigenvalue weighted by atomic mass is 19.1. The van der Waals surface area contributed by atoms with Crippen molar-refractivity contribution < 1.29 is 14.0 Å². The van der Waals surface area contributed by atoms with Crippen molar-refractivity contribution in [1.82, 2.24) is 10.3 Å². The van der Waals surface area contributed by atoms with Gasteiger partial charge in [0.2, 0.25) is 5.91 Å². The number of hydrogen-bond acceptors (Lipinski definition) is 3. The quantitative estimate of drug-likeness (QED) is 0.904. The lowest BCUT2D eigenvalue weighted by Gasteiger charge is -2.07. The maximum atomic E-state index is 13.5. The molecule has 2 aromatic rings. The topological polar surface area (TPSA) is 71.1 Å². The molecule has 0 saturated carbocycles. The van der Waals surface area contributed by atoms with Crippen LogP contribution in [0.2, 0.25) is 0 Å². The van der Waals surface area contributed by atoms with E-state index in [1.54, 1.807) is 18.2 Å². The summed E-state index contributed by atoms with van der Waals surface area (Å²) in [5.41, 5.74) is 1.00. The van der Waals surface area contributed by atoms with Gasteiger partial charge in [0.15, 0.2) is 0 Å². The zero-order chi connectivity index (χ0) is 15.2. The van der Waals surface area contributed by atoms with E-state index in [-0.39, 0.29) is 18.1 Å². The van der Waals surface area contributed by atoms with E-state index in [0.717, 1.165) is 0 Å². The van der Waals surface area contributed by atoms with E-state index in [0.29, 0.717) is 11.3 Å². The Morgan fingerprint density at radius 3 is 2.71 bits per heavy atom. The molecule has 1 heterocycles. The predicted molar refractivity (Wildman–Crippen MR) is 76.1 cm³/mol. The largest absolute Gasteiger partial charge is 0.351 e. The number of halogens is 1. The van der Waals surface area contributed by atoms with Crippen LogP contribution in [-0.2, 0) is 11.3 Å². The Morgan fingerprint density at radius 1 is 1.24 bits per heavy atom. The molecule has 6 heteroatoms. The molecule has 1 aromatic heterocycles. The molecule has 0 atom stereocenters. The maximum absolute atomic E-state index is 13.5. The van der Waals surface area contributed by atoms with Crippen molar-refractivity contribution in [3.63, 3.8) is 0 Å². The second-order valence-electron chi connectivity index (χ2n) is 4.38. The molecule has 0 unspecified atom stereocenters. The van der Waals surface area contributed by atoms with E-state index in [1.807, 2.05) is 0 Å². The van der Waals surface area contributed by atoms with Gasteiger partial charge in [0.1, 0.15) is 5.82 Å². The van der Waals surface area contributed by atoms with Crippen LogP contribution in [0.1, 0.15) is 23.0 Å². The number of nitrogens with zero attached hydrogens (tertiary/aromatic N) is 1. The van der Waals surface area contributed by atoms with Crippen molar-refractivity contribution in [3.05, 3.63) is 59.7 Å². The first-order valence-electron chi connectivity index (χ1n) is 6.31. The summed E-state index contributed by atoms with van der Waals surface area (Å²) in [5, 5.41) is 5.08. The zero-order valence-corrected chi connectivity index (χ0v) is 11.4. The van der Waals surface area contributed by atoms with Gasteiger partial charge in [0.25, 0.3) is 5.91 Å². The number of amides is 2. The Balaban J connectivity index is 2.11. The predicted octanol–water partition coefficient (Wildman–Crippen LogP) is 2.11. The van der Waals surface area contributed by atoms with Gasteiger partial charge in [-0.05, 0) is 24.3 Å². The molecule has 0 saturated heterocycles. The third kappa shape index (κ3) is 4.10. The Hall–Kier alpha value is -2.76. The number of carbonyl (C=O) groups excluding carboxylic acids is 2. The molecule has 21 heavy (non-hydrogen) atoms. The van der Waals surface area contributed by atoms with Crippen LogP contribution in [0.4, 0.5) is 10.1 Å². The lowest BCUT2D eigenvalue weighted by molar-refractivity contribution is -0.119. The van der Waals surface area contributed by atoms with Crippen molar-refractivity contribution in [2.45, 2.75) is 13.5 Å². The molecule has 0 fully saturated rings. The first kappa shape index (κ1) is 14.6. The number of rotatable bonds is 4. The molecule has 0 bridgehead atoms. The van der Waals surface area contributed by atoms with Gasteiger partial charge in [-0.2, -0.15) is 0 Å². The molecule has 0 aliphatic carbocycles. The summed E-state index contributed by atoms with van der Waals surface area (Å²) in [5.74, 6) is -1.12. The number of aromatic nitrogens is 1. The highest BCUT2D eigenvalue weighted by Crippen LogP contribution is 2.14. The number of benzene rings is 1. The van der Waals surface area contributed by atoms with Crippen molar-refractivity contribution >= 4 is 17.5 Å². The minimum Gasteiger partial charge on any atom is -0.351 e. The maximum Gasteiger partial charge on any atom is 0.255 e. The number of pyridine rings is 1. The third-order valence-corrected chi connectivity index (χ3v) is 2.72. The fourth-order valence-corrected chi connectivity index (χ4v) is 1.69. The van der Waals surface area contributed by atoms with Crippen molar-refractivity contribution in [1.29, 1.82) is 0 Å². The molecule has 2 N–H and O–H groups in total. The summed E-state index contributed by atoms with van der Waals surface area (Å²) < 4.78 is 13.5. The summed E-state index contributed by atoms with van der Waals surface area (Å²) in [6.45, 7) is 1.63. The van der Waals surface area contributed by atoms with Crippen molar-refractivity contribution in [3.8, 4) is 0 Å². The fraction of sp³-hybridized carbons (Fsp3) is 0.133. The van der Waals surface area contributed by atoms with Crippen LogP contribution in [-0.4, -0.2) is 16.8 Å². The van der Waals surface area contributed by atoms with E-state index in [4.69, 9.17) is 0 Å². The molecule has 5 nitrogen and oxygen atoms in total. The van der Waals surface area contributed by atoms with E-state index in [1.165, 1.54) is 31.3 Å². The van der Waals surface area contributed by atoms with Crippen LogP contribution >= 0.6 is 0 Å². The molecular formula is C15H14FN3O2. The van der Waals surface area contributed by atoms with Crippen LogP contribution in [0.3, 0.4) is 0 Å². The standard InChI is InChI=1S/C15H14FN3O2/c1-10(20)18-9-12-8-11(6-7-17-12)15(21)19-14-5-3-2-4-13(14)16/h2-8H,9H2,1H3,(H,18,20)(H,19,21). The third-order valence-electron chi connectivity index (χ3n) is 2.72. The number of para-hydroxylation sites is 1. The molecular weight excluding hydrogens is 273 g/mol. The normalized spacial score (nSPS) is 10.0. The highest BCUT2D eigenvalue weighted by Gasteiger charge is 2.10. The number of nitrogens with one attached hydrogen (secondary N) is 2. The monoisotopic (exact) mass is 287 g/mol.